The van der Waals surface area contributed by atoms with Crippen molar-refractivity contribution in [2.45, 2.75) is 19.1 Å². The Bertz CT molecular complexity index is 812. The van der Waals surface area contributed by atoms with Gasteiger partial charge in [0.25, 0.3) is 0 Å². The highest BCUT2D eigenvalue weighted by Gasteiger charge is 2.32. The summed E-state index contributed by atoms with van der Waals surface area (Å²) in [5.41, 5.74) is 1.18. The first-order valence-electron chi connectivity index (χ1n) is 8.54. The van der Waals surface area contributed by atoms with Gasteiger partial charge < -0.3 is 14.6 Å². The van der Waals surface area contributed by atoms with E-state index in [1.807, 2.05) is 53.1 Å². The summed E-state index contributed by atoms with van der Waals surface area (Å²) in [5, 5.41) is 8.04. The van der Waals surface area contributed by atoms with Gasteiger partial charge in [-0.25, -0.2) is 4.98 Å². The maximum Gasteiger partial charge on any atom is 0.148 e. The van der Waals surface area contributed by atoms with Crippen molar-refractivity contribution in [3.8, 4) is 0 Å². The molecule has 0 spiro atoms. The normalized spacial score (nSPS) is 20.0. The molecule has 1 aliphatic rings. The molecular weight excluding hydrogens is 316 g/mol. The molecular formula is C18H22N6O. The van der Waals surface area contributed by atoms with Gasteiger partial charge in [0.15, 0.2) is 0 Å². The van der Waals surface area contributed by atoms with Crippen molar-refractivity contribution >= 4 is 5.82 Å². The number of anilines is 1. The van der Waals surface area contributed by atoms with E-state index < -0.39 is 0 Å². The lowest BCUT2D eigenvalue weighted by Gasteiger charge is -2.18. The summed E-state index contributed by atoms with van der Waals surface area (Å²) >= 11 is 0. The molecule has 0 radical (unpaired) electrons. The fraction of sp³-hybridized carbons (Fsp3) is 0.389. The predicted molar refractivity (Wildman–Crippen MR) is 94.1 cm³/mol. The van der Waals surface area contributed by atoms with Crippen molar-refractivity contribution in [2.24, 2.45) is 13.0 Å². The molecule has 1 aliphatic heterocycles. The van der Waals surface area contributed by atoms with Gasteiger partial charge in [-0.3, -0.25) is 9.67 Å². The van der Waals surface area contributed by atoms with Crippen molar-refractivity contribution < 1.29 is 4.74 Å². The van der Waals surface area contributed by atoms with E-state index >= 15 is 0 Å². The summed E-state index contributed by atoms with van der Waals surface area (Å²) < 4.78 is 9.87. The molecule has 0 saturated carbocycles. The highest BCUT2D eigenvalue weighted by molar-refractivity contribution is 5.32. The van der Waals surface area contributed by atoms with E-state index in [0.717, 1.165) is 37.8 Å². The number of hydrogen-bond acceptors (Lipinski definition) is 5. The third kappa shape index (κ3) is 3.56. The summed E-state index contributed by atoms with van der Waals surface area (Å²) in [6, 6.07) is 6.01. The zero-order chi connectivity index (χ0) is 17.1. The Labute approximate surface area is 146 Å². The van der Waals surface area contributed by atoms with Gasteiger partial charge in [-0.05, 0) is 24.1 Å². The molecule has 25 heavy (non-hydrogen) atoms. The van der Waals surface area contributed by atoms with Crippen LogP contribution in [0.1, 0.15) is 23.9 Å². The Morgan fingerprint density at radius 2 is 2.08 bits per heavy atom. The number of nitrogens with one attached hydrogen (secondary N) is 1. The minimum atomic E-state index is 0.0476. The Balaban J connectivity index is 1.36. The number of imidazole rings is 1. The molecule has 1 fully saturated rings. The van der Waals surface area contributed by atoms with E-state index in [9.17, 15) is 0 Å². The zero-order valence-electron chi connectivity index (χ0n) is 14.2. The number of aromatic nitrogens is 5. The number of pyridine rings is 1. The highest BCUT2D eigenvalue weighted by atomic mass is 16.5. The van der Waals surface area contributed by atoms with Gasteiger partial charge in [-0.2, -0.15) is 5.10 Å². The largest absolute Gasteiger partial charge is 0.370 e. The van der Waals surface area contributed by atoms with Gasteiger partial charge in [0.1, 0.15) is 17.7 Å². The highest BCUT2D eigenvalue weighted by Crippen LogP contribution is 2.33. The van der Waals surface area contributed by atoms with Crippen LogP contribution in [0.25, 0.3) is 0 Å². The van der Waals surface area contributed by atoms with Crippen molar-refractivity contribution in [3.05, 3.63) is 60.6 Å². The average Bonchev–Trinajstić information content (AvgIpc) is 3.35. The van der Waals surface area contributed by atoms with Crippen LogP contribution in [0.15, 0.2) is 49.2 Å². The topological polar surface area (TPSA) is 69.8 Å². The molecule has 4 heterocycles. The van der Waals surface area contributed by atoms with Gasteiger partial charge in [0.2, 0.25) is 0 Å². The van der Waals surface area contributed by atoms with E-state index in [-0.39, 0.29) is 6.10 Å². The lowest BCUT2D eigenvalue weighted by atomic mass is 10.0. The van der Waals surface area contributed by atoms with Crippen LogP contribution in [-0.2, 0) is 18.3 Å². The number of aryl methyl sites for hydroxylation is 1. The summed E-state index contributed by atoms with van der Waals surface area (Å²) in [6.45, 7) is 2.34. The fourth-order valence-corrected chi connectivity index (χ4v) is 3.23. The van der Waals surface area contributed by atoms with Gasteiger partial charge in [-0.1, -0.05) is 0 Å². The second-order valence-corrected chi connectivity index (χ2v) is 6.37. The third-order valence-electron chi connectivity index (χ3n) is 4.61. The molecule has 0 aromatic carbocycles. The van der Waals surface area contributed by atoms with Crippen LogP contribution in [0.4, 0.5) is 5.82 Å². The summed E-state index contributed by atoms with van der Waals surface area (Å²) in [4.78, 5) is 8.48. The fourth-order valence-electron chi connectivity index (χ4n) is 3.23. The lowest BCUT2D eigenvalue weighted by Crippen LogP contribution is -2.20. The van der Waals surface area contributed by atoms with Crippen LogP contribution in [0.3, 0.4) is 0 Å². The molecule has 4 rings (SSSR count). The van der Waals surface area contributed by atoms with Crippen LogP contribution < -0.4 is 5.32 Å². The second-order valence-electron chi connectivity index (χ2n) is 6.37. The van der Waals surface area contributed by atoms with E-state index in [4.69, 9.17) is 4.74 Å². The van der Waals surface area contributed by atoms with E-state index in [1.54, 1.807) is 12.4 Å². The molecule has 7 nitrogen and oxygen atoms in total. The Morgan fingerprint density at radius 1 is 1.20 bits per heavy atom. The molecule has 0 amide bonds. The number of rotatable bonds is 6. The van der Waals surface area contributed by atoms with E-state index in [2.05, 4.69) is 20.4 Å². The van der Waals surface area contributed by atoms with Crippen molar-refractivity contribution in [1.82, 2.24) is 24.3 Å². The molecule has 0 unspecified atom stereocenters. The molecule has 0 bridgehead atoms. The van der Waals surface area contributed by atoms with Crippen LogP contribution in [-0.4, -0.2) is 37.5 Å². The van der Waals surface area contributed by atoms with Crippen molar-refractivity contribution in [2.75, 3.05) is 18.5 Å². The van der Waals surface area contributed by atoms with Gasteiger partial charge >= 0.3 is 0 Å². The monoisotopic (exact) mass is 338 g/mol. The molecule has 1 saturated heterocycles. The minimum absolute atomic E-state index is 0.0476. The van der Waals surface area contributed by atoms with Gasteiger partial charge in [0, 0.05) is 63.2 Å². The third-order valence-corrected chi connectivity index (χ3v) is 4.61. The summed E-state index contributed by atoms with van der Waals surface area (Å²) in [6.07, 6.45) is 10.5. The quantitative estimate of drug-likeness (QED) is 0.746. The van der Waals surface area contributed by atoms with Gasteiger partial charge in [-0.15, -0.1) is 0 Å². The van der Waals surface area contributed by atoms with Crippen LogP contribution in [0, 0.1) is 5.92 Å². The zero-order valence-corrected chi connectivity index (χ0v) is 14.2. The first-order valence-corrected chi connectivity index (χ1v) is 8.54. The van der Waals surface area contributed by atoms with Crippen LogP contribution in [0.5, 0.6) is 0 Å². The summed E-state index contributed by atoms with van der Waals surface area (Å²) in [5.74, 6) is 2.28. The first-order chi connectivity index (χ1) is 12.3. The Kier molecular flexibility index (Phi) is 4.47. The second kappa shape index (κ2) is 7.06. The molecule has 130 valence electrons. The van der Waals surface area contributed by atoms with Crippen LogP contribution in [0.2, 0.25) is 0 Å². The average molecular weight is 338 g/mol. The number of ether oxygens (including phenoxy) is 1. The Hall–Kier alpha value is -2.67. The minimum Gasteiger partial charge on any atom is -0.370 e. The molecule has 1 N–H and O–H groups in total. The summed E-state index contributed by atoms with van der Waals surface area (Å²) in [7, 11) is 2.01. The smallest absolute Gasteiger partial charge is 0.148 e. The maximum absolute atomic E-state index is 5.91. The van der Waals surface area contributed by atoms with Crippen LogP contribution >= 0.6 is 0 Å². The van der Waals surface area contributed by atoms with E-state index in [0.29, 0.717) is 5.92 Å². The van der Waals surface area contributed by atoms with Crippen molar-refractivity contribution in [1.29, 1.82) is 0 Å². The first kappa shape index (κ1) is 15.8. The lowest BCUT2D eigenvalue weighted by molar-refractivity contribution is 0.0839. The van der Waals surface area contributed by atoms with Gasteiger partial charge in [0.05, 0.1) is 6.54 Å². The number of hydrogen-bond donors (Lipinski definition) is 1. The maximum atomic E-state index is 5.91. The Morgan fingerprint density at radius 3 is 2.88 bits per heavy atom. The van der Waals surface area contributed by atoms with Crippen molar-refractivity contribution in [3.63, 3.8) is 0 Å². The molecule has 0 aliphatic carbocycles. The standard InChI is InChI=1S/C18H22N6O/c1-23-10-8-20-18(23)17-15(5-11-25-17)12-21-16-4-9-24(22-16)13-14-2-6-19-7-3-14/h2-4,6-10,15,17H,5,11-13H2,1H3,(H,21,22)/t15-,17+/m0/s1. The predicted octanol–water partition coefficient (Wildman–Crippen LogP) is 2.25. The SMILES string of the molecule is Cn1ccnc1[C@@H]1OCC[C@H]1CNc1ccn(Cc2ccncc2)n1. The molecule has 3 aromatic heterocycles. The molecule has 2 atom stereocenters. The number of nitrogens with zero attached hydrogens (tertiary/aromatic N) is 5. The molecule has 3 aromatic rings. The van der Waals surface area contributed by atoms with E-state index in [1.165, 1.54) is 5.56 Å². The molecule has 7 heteroatoms.